The van der Waals surface area contributed by atoms with E-state index in [4.69, 9.17) is 25.6 Å². The van der Waals surface area contributed by atoms with E-state index in [2.05, 4.69) is 14.7 Å². The molecule has 182 valence electrons. The lowest BCUT2D eigenvalue weighted by atomic mass is 9.97. The van der Waals surface area contributed by atoms with E-state index >= 15 is 4.39 Å². The topological polar surface area (TPSA) is 96.8 Å². The van der Waals surface area contributed by atoms with Crippen LogP contribution in [0.15, 0.2) is 24.3 Å². The fraction of sp³-hybridized carbons (Fsp3) is 0.364. The highest BCUT2D eigenvalue weighted by Gasteiger charge is 2.22. The molecular formula is C22H23ClF2N4O4S. The number of hydrogen-bond acceptors (Lipinski definition) is 6. The van der Waals surface area contributed by atoms with Gasteiger partial charge in [0.2, 0.25) is 16.6 Å². The number of fused-ring (bicyclic) bond motifs is 1. The quantitative estimate of drug-likeness (QED) is 0.270. The summed E-state index contributed by atoms with van der Waals surface area (Å²) in [6.45, 7) is 2.41. The van der Waals surface area contributed by atoms with Crippen LogP contribution in [-0.4, -0.2) is 58.7 Å². The molecule has 0 saturated carbocycles. The molecule has 1 saturated heterocycles. The predicted octanol–water partition coefficient (Wildman–Crippen LogP) is 3.73. The average molecular weight is 513 g/mol. The Labute approximate surface area is 202 Å². The highest BCUT2D eigenvalue weighted by Crippen LogP contribution is 2.38. The molecule has 34 heavy (non-hydrogen) atoms. The first-order chi connectivity index (χ1) is 16.4. The molecule has 0 radical (unpaired) electrons. The summed E-state index contributed by atoms with van der Waals surface area (Å²) in [7, 11) is 1.45. The first kappa shape index (κ1) is 24.7. The molecule has 2 aromatic carbocycles. The summed E-state index contributed by atoms with van der Waals surface area (Å²) in [5.41, 5.74) is 0.810. The summed E-state index contributed by atoms with van der Waals surface area (Å²) >= 11 is 4.04. The third kappa shape index (κ3) is 5.28. The van der Waals surface area contributed by atoms with Crippen molar-refractivity contribution in [1.29, 1.82) is 0 Å². The molecule has 1 aliphatic rings. The van der Waals surface area contributed by atoms with Crippen LogP contribution in [0.4, 0.5) is 14.6 Å². The number of anilines is 1. The van der Waals surface area contributed by atoms with Crippen LogP contribution in [0, 0.1) is 11.6 Å². The van der Waals surface area contributed by atoms with Crippen molar-refractivity contribution < 1.29 is 27.0 Å². The van der Waals surface area contributed by atoms with Gasteiger partial charge in [0.05, 0.1) is 25.9 Å². The molecule has 2 heterocycles. The molecule has 1 aromatic heterocycles. The van der Waals surface area contributed by atoms with Gasteiger partial charge in [-0.1, -0.05) is 6.07 Å². The first-order valence-corrected chi connectivity index (χ1v) is 12.1. The molecule has 1 atom stereocenters. The zero-order valence-electron chi connectivity index (χ0n) is 18.3. The van der Waals surface area contributed by atoms with E-state index in [1.54, 1.807) is 6.07 Å². The Hall–Kier alpha value is -2.44. The normalized spacial score (nSPS) is 15.0. The van der Waals surface area contributed by atoms with Gasteiger partial charge >= 0.3 is 0 Å². The average Bonchev–Trinajstić information content (AvgIpc) is 2.82. The maximum atomic E-state index is 15.5. The van der Waals surface area contributed by atoms with Gasteiger partial charge in [0.1, 0.15) is 28.7 Å². The van der Waals surface area contributed by atoms with Crippen LogP contribution in [0.3, 0.4) is 0 Å². The number of aryl methyl sites for hydroxylation is 1. The monoisotopic (exact) mass is 512 g/mol. The van der Waals surface area contributed by atoms with E-state index in [0.29, 0.717) is 60.8 Å². The number of methoxy groups -OCH3 is 1. The molecule has 0 aliphatic carbocycles. The summed E-state index contributed by atoms with van der Waals surface area (Å²) in [6, 6.07) is 5.75. The van der Waals surface area contributed by atoms with Gasteiger partial charge in [0.15, 0.2) is 0 Å². The first-order valence-electron chi connectivity index (χ1n) is 10.6. The van der Waals surface area contributed by atoms with E-state index in [1.165, 1.54) is 25.3 Å². The Kier molecular flexibility index (Phi) is 7.89. The standard InChI is InChI=1S/C22H23ClF2N4O4S/c1-32-17-12-14(18-16(24)5-4-13(19(18)25)3-2-6-26-34(30)31)11-15-20(17)27-22(23)28-21(15)29-7-9-33-10-8-29/h4-5,11-12,26H,2-3,6-10H2,1H3,(H,30,31). The zero-order chi connectivity index (χ0) is 24.2. The SMILES string of the molecule is COc1cc(-c2c(F)ccc(CCCNS(=O)O)c2F)cc2c(N3CCOCC3)nc(Cl)nc12. The molecule has 2 N–H and O–H groups in total. The lowest BCUT2D eigenvalue weighted by Gasteiger charge is -2.29. The maximum Gasteiger partial charge on any atom is 0.231 e. The number of morpholine rings is 1. The second-order valence-electron chi connectivity index (χ2n) is 7.63. The maximum absolute atomic E-state index is 15.5. The summed E-state index contributed by atoms with van der Waals surface area (Å²) in [5.74, 6) is -0.571. The van der Waals surface area contributed by atoms with Gasteiger partial charge in [-0.05, 0) is 53.8 Å². The van der Waals surface area contributed by atoms with Crippen molar-refractivity contribution in [3.05, 3.63) is 46.7 Å². The largest absolute Gasteiger partial charge is 0.494 e. The zero-order valence-corrected chi connectivity index (χ0v) is 19.9. The van der Waals surface area contributed by atoms with Crippen molar-refractivity contribution in [3.8, 4) is 16.9 Å². The molecule has 3 aromatic rings. The molecule has 1 fully saturated rings. The molecule has 8 nitrogen and oxygen atoms in total. The van der Waals surface area contributed by atoms with Crippen LogP contribution in [0.2, 0.25) is 5.28 Å². The highest BCUT2D eigenvalue weighted by atomic mass is 35.5. The van der Waals surface area contributed by atoms with Gasteiger partial charge in [-0.2, -0.15) is 4.98 Å². The number of nitrogens with zero attached hydrogens (tertiary/aromatic N) is 3. The number of rotatable bonds is 8. The van der Waals surface area contributed by atoms with Crippen LogP contribution in [0.1, 0.15) is 12.0 Å². The summed E-state index contributed by atoms with van der Waals surface area (Å²) in [5, 5.41) is 0.594. The second-order valence-corrected chi connectivity index (χ2v) is 8.76. The third-order valence-electron chi connectivity index (χ3n) is 5.56. The summed E-state index contributed by atoms with van der Waals surface area (Å²) in [6.07, 6.45) is 0.647. The Morgan fingerprint density at radius 3 is 2.74 bits per heavy atom. The van der Waals surface area contributed by atoms with Gasteiger partial charge in [-0.15, -0.1) is 0 Å². The van der Waals surface area contributed by atoms with E-state index in [0.717, 1.165) is 0 Å². The van der Waals surface area contributed by atoms with E-state index in [1.807, 2.05) is 4.90 Å². The minimum Gasteiger partial charge on any atom is -0.494 e. The number of nitrogens with one attached hydrogen (secondary N) is 1. The van der Waals surface area contributed by atoms with Crippen LogP contribution < -0.4 is 14.4 Å². The van der Waals surface area contributed by atoms with E-state index in [-0.39, 0.29) is 29.4 Å². The Balaban J connectivity index is 1.80. The van der Waals surface area contributed by atoms with Crippen LogP contribution in [0.25, 0.3) is 22.0 Å². The van der Waals surface area contributed by atoms with Crippen LogP contribution >= 0.6 is 11.6 Å². The molecular weight excluding hydrogens is 490 g/mol. The van der Waals surface area contributed by atoms with Crippen molar-refractivity contribution in [2.24, 2.45) is 0 Å². The fourth-order valence-electron chi connectivity index (χ4n) is 3.97. The fourth-order valence-corrected chi connectivity index (χ4v) is 4.45. The Morgan fingerprint density at radius 1 is 1.26 bits per heavy atom. The lowest BCUT2D eigenvalue weighted by Crippen LogP contribution is -2.37. The smallest absolute Gasteiger partial charge is 0.231 e. The number of aromatic nitrogens is 2. The molecule has 1 aliphatic heterocycles. The Morgan fingerprint density at radius 2 is 2.03 bits per heavy atom. The van der Waals surface area contributed by atoms with Gasteiger partial charge < -0.3 is 14.4 Å². The highest BCUT2D eigenvalue weighted by molar-refractivity contribution is 7.77. The number of ether oxygens (including phenoxy) is 2. The van der Waals surface area contributed by atoms with Crippen molar-refractivity contribution in [2.45, 2.75) is 12.8 Å². The molecule has 4 rings (SSSR count). The molecule has 0 spiro atoms. The van der Waals surface area contributed by atoms with Crippen molar-refractivity contribution in [3.63, 3.8) is 0 Å². The van der Waals surface area contributed by atoms with Crippen LogP contribution in [0.5, 0.6) is 5.75 Å². The Bertz CT molecular complexity index is 1230. The third-order valence-corrected chi connectivity index (χ3v) is 6.18. The van der Waals surface area contributed by atoms with Gasteiger partial charge in [-0.3, -0.25) is 4.55 Å². The summed E-state index contributed by atoms with van der Waals surface area (Å²) in [4.78, 5) is 10.7. The minimum atomic E-state index is -2.14. The number of benzene rings is 2. The lowest BCUT2D eigenvalue weighted by molar-refractivity contribution is 0.122. The van der Waals surface area contributed by atoms with Crippen LogP contribution in [-0.2, 0) is 22.4 Å². The molecule has 0 bridgehead atoms. The summed E-state index contributed by atoms with van der Waals surface area (Å²) < 4.78 is 63.2. The minimum absolute atomic E-state index is 0.0387. The molecule has 12 heteroatoms. The van der Waals surface area contributed by atoms with Gasteiger partial charge in [-0.25, -0.2) is 22.7 Å². The van der Waals surface area contributed by atoms with E-state index < -0.39 is 22.9 Å². The van der Waals surface area contributed by atoms with Crippen molar-refractivity contribution in [1.82, 2.24) is 14.7 Å². The second kappa shape index (κ2) is 10.9. The van der Waals surface area contributed by atoms with Crippen molar-refractivity contribution >= 4 is 39.6 Å². The van der Waals surface area contributed by atoms with E-state index in [9.17, 15) is 8.60 Å². The molecule has 1 unspecified atom stereocenters. The van der Waals surface area contributed by atoms with Gasteiger partial charge in [0.25, 0.3) is 0 Å². The molecule has 0 amide bonds. The predicted molar refractivity (Wildman–Crippen MR) is 127 cm³/mol. The number of hydrogen-bond donors (Lipinski definition) is 2. The van der Waals surface area contributed by atoms with Crippen molar-refractivity contribution in [2.75, 3.05) is 44.9 Å². The van der Waals surface area contributed by atoms with Gasteiger partial charge in [0, 0.05) is 25.0 Å². The number of halogens is 3.